The second kappa shape index (κ2) is 10.1. The molecule has 1 aromatic rings. The molecule has 0 aliphatic carbocycles. The van der Waals surface area contributed by atoms with Crippen LogP contribution in [-0.2, 0) is 4.79 Å². The van der Waals surface area contributed by atoms with Crippen LogP contribution < -0.4 is 39.4 Å². The molecule has 0 heterocycles. The molecule has 0 fully saturated rings. The number of benzene rings is 1. The van der Waals surface area contributed by atoms with E-state index in [0.29, 0.717) is 11.3 Å². The summed E-state index contributed by atoms with van der Waals surface area (Å²) in [5.41, 5.74) is 0.615. The molecule has 90 valence electrons. The normalized spacial score (nSPS) is 8.53. The van der Waals surface area contributed by atoms with E-state index in [9.17, 15) is 15.0 Å². The first kappa shape index (κ1) is 21.3. The van der Waals surface area contributed by atoms with Gasteiger partial charge in [-0.1, -0.05) is 12.1 Å². The number of aromatic hydroxyl groups is 1. The molecule has 6 nitrogen and oxygen atoms in total. The maximum Gasteiger partial charge on any atom is 1.00 e. The first-order valence-corrected chi connectivity index (χ1v) is 3.89. The molecule has 17 heavy (non-hydrogen) atoms. The first-order chi connectivity index (χ1) is 6.63. The molecule has 0 aliphatic rings. The average molecular weight is 252 g/mol. The van der Waals surface area contributed by atoms with Gasteiger partial charge in [0.2, 0.25) is 0 Å². The SMILES string of the molecule is COc1cc(C=CC(=O)[O-])ccc1O.O.O.[Na+]. The van der Waals surface area contributed by atoms with Crippen LogP contribution in [0.25, 0.3) is 6.08 Å². The second-order valence-corrected chi connectivity index (χ2v) is 2.58. The number of hydrogen-bond donors (Lipinski definition) is 1. The van der Waals surface area contributed by atoms with Gasteiger partial charge >= 0.3 is 29.6 Å². The van der Waals surface area contributed by atoms with Crippen molar-refractivity contribution in [3.05, 3.63) is 29.8 Å². The van der Waals surface area contributed by atoms with Crippen LogP contribution in [0.3, 0.4) is 0 Å². The number of ether oxygens (including phenoxy) is 1. The minimum absolute atomic E-state index is 0. The van der Waals surface area contributed by atoms with Crippen molar-refractivity contribution in [2.45, 2.75) is 0 Å². The van der Waals surface area contributed by atoms with Crippen molar-refractivity contribution in [1.82, 2.24) is 0 Å². The number of carboxylic acid groups (broad SMARTS) is 1. The minimum Gasteiger partial charge on any atom is -0.545 e. The fourth-order valence-corrected chi connectivity index (χ4v) is 0.962. The van der Waals surface area contributed by atoms with Gasteiger partial charge in [0, 0.05) is 0 Å². The maximum atomic E-state index is 10.1. The van der Waals surface area contributed by atoms with E-state index in [4.69, 9.17) is 4.74 Å². The number of carbonyl (C=O) groups is 1. The monoisotopic (exact) mass is 252 g/mol. The van der Waals surface area contributed by atoms with E-state index in [1.807, 2.05) is 0 Å². The van der Waals surface area contributed by atoms with Crippen LogP contribution in [0.15, 0.2) is 24.3 Å². The molecule has 5 N–H and O–H groups in total. The molecule has 0 saturated heterocycles. The van der Waals surface area contributed by atoms with E-state index >= 15 is 0 Å². The Hall–Kier alpha value is -1.05. The molecule has 1 rings (SSSR count). The van der Waals surface area contributed by atoms with Gasteiger partial charge in [-0.2, -0.15) is 0 Å². The Balaban J connectivity index is -0.000000653. The molecular formula is C10H13NaO6. The summed E-state index contributed by atoms with van der Waals surface area (Å²) in [6.07, 6.45) is 2.27. The fourth-order valence-electron chi connectivity index (χ4n) is 0.962. The van der Waals surface area contributed by atoms with Crippen LogP contribution in [0, 0.1) is 0 Å². The third kappa shape index (κ3) is 6.98. The van der Waals surface area contributed by atoms with E-state index in [2.05, 4.69) is 0 Å². The van der Waals surface area contributed by atoms with Crippen molar-refractivity contribution in [1.29, 1.82) is 0 Å². The van der Waals surface area contributed by atoms with Crippen molar-refractivity contribution in [2.24, 2.45) is 0 Å². The van der Waals surface area contributed by atoms with Gasteiger partial charge in [-0.15, -0.1) is 0 Å². The Morgan fingerprint density at radius 2 is 2.00 bits per heavy atom. The number of aliphatic carboxylic acids is 1. The van der Waals surface area contributed by atoms with Crippen molar-refractivity contribution >= 4 is 12.0 Å². The van der Waals surface area contributed by atoms with Crippen LogP contribution in [0.1, 0.15) is 5.56 Å². The molecule has 7 heteroatoms. The third-order valence-corrected chi connectivity index (χ3v) is 1.62. The van der Waals surface area contributed by atoms with Crippen molar-refractivity contribution in [2.75, 3.05) is 7.11 Å². The molecule has 0 bridgehead atoms. The zero-order valence-corrected chi connectivity index (χ0v) is 11.6. The predicted octanol–water partition coefficient (Wildman–Crippen LogP) is -4.48. The Morgan fingerprint density at radius 1 is 1.41 bits per heavy atom. The minimum atomic E-state index is -1.27. The van der Waals surface area contributed by atoms with Gasteiger partial charge in [-0.05, 0) is 23.8 Å². The quantitative estimate of drug-likeness (QED) is 0.429. The Kier molecular flexibility index (Phi) is 12.7. The van der Waals surface area contributed by atoms with Gasteiger partial charge in [0.05, 0.1) is 13.1 Å². The summed E-state index contributed by atoms with van der Waals surface area (Å²) in [5.74, 6) is -0.958. The van der Waals surface area contributed by atoms with E-state index in [1.54, 1.807) is 6.07 Å². The standard InChI is InChI=1S/C10H10O4.Na.2H2O/c1-14-9-6-7(2-4-8(9)11)3-5-10(12)13;;;/h2-6,11H,1H3,(H,12,13);;2*1H2/q;+1;;/p-1. The number of carbonyl (C=O) groups excluding carboxylic acids is 1. The molecule has 0 saturated carbocycles. The number of phenols is 1. The molecule has 0 amide bonds. The van der Waals surface area contributed by atoms with E-state index < -0.39 is 5.97 Å². The molecule has 0 unspecified atom stereocenters. The summed E-state index contributed by atoms with van der Waals surface area (Å²) in [7, 11) is 1.42. The number of hydrogen-bond acceptors (Lipinski definition) is 4. The number of phenolic OH excluding ortho intramolecular Hbond substituents is 1. The Labute approximate surface area is 120 Å². The first-order valence-electron chi connectivity index (χ1n) is 3.89. The number of methoxy groups -OCH3 is 1. The molecule has 0 atom stereocenters. The van der Waals surface area contributed by atoms with E-state index in [0.717, 1.165) is 6.08 Å². The molecule has 0 spiro atoms. The number of rotatable bonds is 3. The predicted molar refractivity (Wildman–Crippen MR) is 55.9 cm³/mol. The largest absolute Gasteiger partial charge is 1.00 e. The van der Waals surface area contributed by atoms with Crippen molar-refractivity contribution in [3.8, 4) is 11.5 Å². The van der Waals surface area contributed by atoms with Crippen LogP contribution in [0.4, 0.5) is 0 Å². The van der Waals surface area contributed by atoms with Gasteiger partial charge in [-0.3, -0.25) is 0 Å². The summed E-state index contributed by atoms with van der Waals surface area (Å²) < 4.78 is 4.85. The van der Waals surface area contributed by atoms with Gasteiger partial charge in [0.15, 0.2) is 11.5 Å². The average Bonchev–Trinajstić information content (AvgIpc) is 2.16. The second-order valence-electron chi connectivity index (χ2n) is 2.58. The van der Waals surface area contributed by atoms with Gasteiger partial charge in [-0.25, -0.2) is 0 Å². The topological polar surface area (TPSA) is 133 Å². The van der Waals surface area contributed by atoms with Gasteiger partial charge in [0.25, 0.3) is 0 Å². The molecule has 0 aromatic heterocycles. The summed E-state index contributed by atoms with van der Waals surface area (Å²) in [4.78, 5) is 10.1. The van der Waals surface area contributed by atoms with Crippen LogP contribution >= 0.6 is 0 Å². The van der Waals surface area contributed by atoms with Crippen LogP contribution in [0.5, 0.6) is 11.5 Å². The van der Waals surface area contributed by atoms with Crippen molar-refractivity contribution in [3.63, 3.8) is 0 Å². The zero-order valence-electron chi connectivity index (χ0n) is 9.56. The Bertz CT molecular complexity index is 377. The summed E-state index contributed by atoms with van der Waals surface area (Å²) in [6.45, 7) is 0. The Morgan fingerprint density at radius 3 is 2.47 bits per heavy atom. The van der Waals surface area contributed by atoms with Gasteiger partial charge < -0.3 is 30.7 Å². The smallest absolute Gasteiger partial charge is 0.545 e. The zero-order chi connectivity index (χ0) is 10.6. The molecule has 1 aromatic carbocycles. The maximum absolute atomic E-state index is 10.1. The third-order valence-electron chi connectivity index (χ3n) is 1.62. The fraction of sp³-hybridized carbons (Fsp3) is 0.100. The summed E-state index contributed by atoms with van der Waals surface area (Å²) in [6, 6.07) is 4.51. The van der Waals surface area contributed by atoms with E-state index in [-0.39, 0.29) is 46.3 Å². The number of carboxylic acids is 1. The molecule has 0 aliphatic heterocycles. The van der Waals surface area contributed by atoms with E-state index in [1.165, 1.54) is 25.3 Å². The summed E-state index contributed by atoms with van der Waals surface area (Å²) >= 11 is 0. The van der Waals surface area contributed by atoms with Crippen LogP contribution in [0.2, 0.25) is 0 Å². The van der Waals surface area contributed by atoms with Gasteiger partial charge in [0.1, 0.15) is 0 Å². The van der Waals surface area contributed by atoms with Crippen LogP contribution in [-0.4, -0.2) is 29.1 Å². The molecular weight excluding hydrogens is 239 g/mol. The van der Waals surface area contributed by atoms with Crippen molar-refractivity contribution < 1.29 is 60.3 Å². The summed E-state index contributed by atoms with van der Waals surface area (Å²) in [5, 5.41) is 19.4. The molecule has 0 radical (unpaired) electrons.